The van der Waals surface area contributed by atoms with Crippen LogP contribution in [0, 0.1) is 5.92 Å². The summed E-state index contributed by atoms with van der Waals surface area (Å²) in [5.74, 6) is -0.971. The van der Waals surface area contributed by atoms with Crippen molar-refractivity contribution in [1.29, 1.82) is 0 Å². The summed E-state index contributed by atoms with van der Waals surface area (Å²) in [6.45, 7) is 1.55. The van der Waals surface area contributed by atoms with Crippen LogP contribution < -0.4 is 0 Å². The third-order valence-corrected chi connectivity index (χ3v) is 3.88. The largest absolute Gasteiger partial charge is 0.501 e. The lowest BCUT2D eigenvalue weighted by atomic mass is 9.95. The number of rotatable bonds is 1. The molecule has 0 amide bonds. The van der Waals surface area contributed by atoms with Crippen LogP contribution in [0.15, 0.2) is 11.0 Å². The number of carbonyl (C=O) groups excluding carboxylic acids is 1. The third-order valence-electron chi connectivity index (χ3n) is 2.26. The van der Waals surface area contributed by atoms with Gasteiger partial charge < -0.3 is 0 Å². The van der Waals surface area contributed by atoms with E-state index in [0.29, 0.717) is 6.08 Å². The number of hydrogen-bond acceptors (Lipinski definition) is 3. The van der Waals surface area contributed by atoms with E-state index in [4.69, 9.17) is 0 Å². The number of sulfone groups is 1. The minimum Gasteiger partial charge on any atom is -0.295 e. The van der Waals surface area contributed by atoms with Crippen molar-refractivity contribution >= 4 is 15.6 Å². The number of carbonyl (C=O) groups is 1. The molecule has 0 aliphatic heterocycles. The molecular weight excluding hydrogens is 233 g/mol. The second kappa shape index (κ2) is 3.62. The molecule has 15 heavy (non-hydrogen) atoms. The van der Waals surface area contributed by atoms with E-state index in [1.807, 2.05) is 0 Å². The fourth-order valence-corrected chi connectivity index (χ4v) is 2.19. The number of halogens is 3. The van der Waals surface area contributed by atoms with Crippen LogP contribution in [0.4, 0.5) is 13.2 Å². The maximum atomic E-state index is 12.1. The van der Waals surface area contributed by atoms with Gasteiger partial charge >= 0.3 is 5.51 Å². The van der Waals surface area contributed by atoms with Crippen molar-refractivity contribution in [2.45, 2.75) is 25.3 Å². The highest BCUT2D eigenvalue weighted by Crippen LogP contribution is 2.34. The van der Waals surface area contributed by atoms with Gasteiger partial charge in [-0.05, 0) is 18.9 Å². The van der Waals surface area contributed by atoms with E-state index in [2.05, 4.69) is 0 Å². The van der Waals surface area contributed by atoms with Crippen LogP contribution in [0.1, 0.15) is 19.8 Å². The van der Waals surface area contributed by atoms with Crippen LogP contribution in [0.3, 0.4) is 0 Å². The van der Waals surface area contributed by atoms with Crippen LogP contribution in [0.25, 0.3) is 0 Å². The van der Waals surface area contributed by atoms with E-state index < -0.39 is 32.0 Å². The number of hydrogen-bond donors (Lipinski definition) is 0. The van der Waals surface area contributed by atoms with Crippen molar-refractivity contribution in [1.82, 2.24) is 0 Å². The van der Waals surface area contributed by atoms with Crippen molar-refractivity contribution in [3.8, 4) is 0 Å². The monoisotopic (exact) mass is 242 g/mol. The van der Waals surface area contributed by atoms with E-state index in [1.165, 1.54) is 0 Å². The van der Waals surface area contributed by atoms with Gasteiger partial charge in [0.15, 0.2) is 5.78 Å². The molecule has 1 rings (SSSR count). The number of ketones is 1. The molecule has 0 aromatic rings. The van der Waals surface area contributed by atoms with Crippen molar-refractivity contribution in [3.63, 3.8) is 0 Å². The fraction of sp³-hybridized carbons (Fsp3) is 0.625. The number of allylic oxidation sites excluding steroid dienone is 2. The van der Waals surface area contributed by atoms with Crippen LogP contribution in [-0.2, 0) is 14.6 Å². The Hall–Kier alpha value is -0.850. The van der Waals surface area contributed by atoms with E-state index in [-0.39, 0.29) is 12.8 Å². The molecule has 1 atom stereocenters. The van der Waals surface area contributed by atoms with E-state index in [0.717, 1.165) is 0 Å². The molecule has 1 unspecified atom stereocenters. The summed E-state index contributed by atoms with van der Waals surface area (Å²) in [5, 5.41) is 0. The molecule has 86 valence electrons. The van der Waals surface area contributed by atoms with Gasteiger partial charge in [-0.3, -0.25) is 4.79 Å². The Morgan fingerprint density at radius 2 is 1.93 bits per heavy atom. The van der Waals surface area contributed by atoms with Gasteiger partial charge in [0.25, 0.3) is 9.84 Å². The zero-order valence-electron chi connectivity index (χ0n) is 7.84. The summed E-state index contributed by atoms with van der Waals surface area (Å²) in [4.78, 5) is 10.2. The first kappa shape index (κ1) is 12.2. The molecule has 7 heteroatoms. The molecule has 3 nitrogen and oxygen atoms in total. The first-order valence-corrected chi connectivity index (χ1v) is 5.70. The van der Waals surface area contributed by atoms with Gasteiger partial charge in [0, 0.05) is 5.92 Å². The summed E-state index contributed by atoms with van der Waals surface area (Å²) < 4.78 is 58.1. The summed E-state index contributed by atoms with van der Waals surface area (Å²) in [6, 6.07) is 0. The second-order valence-corrected chi connectivity index (χ2v) is 5.40. The molecule has 0 N–H and O–H groups in total. The van der Waals surface area contributed by atoms with Crippen molar-refractivity contribution in [3.05, 3.63) is 11.0 Å². The molecule has 1 aliphatic rings. The summed E-state index contributed by atoms with van der Waals surface area (Å²) in [6.07, 6.45) is 0.506. The molecule has 0 saturated heterocycles. The molecule has 0 saturated carbocycles. The van der Waals surface area contributed by atoms with Crippen LogP contribution >= 0.6 is 0 Å². The SMILES string of the molecule is CC1CCC(S(=O)(=O)C(F)(F)F)=CC1=O. The quantitative estimate of drug-likeness (QED) is 0.704. The van der Waals surface area contributed by atoms with Gasteiger partial charge in [0.2, 0.25) is 0 Å². The Labute approximate surface area is 84.9 Å². The van der Waals surface area contributed by atoms with E-state index in [9.17, 15) is 26.4 Å². The fourth-order valence-electron chi connectivity index (χ4n) is 1.23. The summed E-state index contributed by atoms with van der Waals surface area (Å²) >= 11 is 0. The highest BCUT2D eigenvalue weighted by molar-refractivity contribution is 7.96. The highest BCUT2D eigenvalue weighted by atomic mass is 32.2. The maximum absolute atomic E-state index is 12.1. The summed E-state index contributed by atoms with van der Waals surface area (Å²) in [7, 11) is -5.32. The predicted molar refractivity (Wildman–Crippen MR) is 46.5 cm³/mol. The van der Waals surface area contributed by atoms with E-state index >= 15 is 0 Å². The van der Waals surface area contributed by atoms with Gasteiger partial charge in [-0.25, -0.2) is 8.42 Å². The second-order valence-electron chi connectivity index (χ2n) is 3.40. The molecule has 0 fully saturated rings. The van der Waals surface area contributed by atoms with Gasteiger partial charge in [-0.1, -0.05) is 6.92 Å². The highest BCUT2D eigenvalue weighted by Gasteiger charge is 2.48. The standard InChI is InChI=1S/C8H9F3O3S/c1-5-2-3-6(4-7(5)12)15(13,14)8(9,10)11/h4-5H,2-3H2,1H3. The van der Waals surface area contributed by atoms with Crippen LogP contribution in [0.2, 0.25) is 0 Å². The predicted octanol–water partition coefficient (Wildman–Crippen LogP) is 1.80. The van der Waals surface area contributed by atoms with Crippen molar-refractivity contribution in [2.75, 3.05) is 0 Å². The average Bonchev–Trinajstić information content (AvgIpc) is 2.07. The lowest BCUT2D eigenvalue weighted by molar-refractivity contribution is -0.118. The Kier molecular flexibility index (Phi) is 2.95. The topological polar surface area (TPSA) is 51.2 Å². The number of alkyl halides is 3. The van der Waals surface area contributed by atoms with Gasteiger partial charge in [-0.2, -0.15) is 13.2 Å². The first-order chi connectivity index (χ1) is 6.66. The Bertz CT molecular complexity index is 405. The molecule has 0 bridgehead atoms. The normalized spacial score (nSPS) is 23.9. The van der Waals surface area contributed by atoms with Gasteiger partial charge in [0.1, 0.15) is 0 Å². The molecule has 0 aromatic heterocycles. The maximum Gasteiger partial charge on any atom is 0.501 e. The first-order valence-electron chi connectivity index (χ1n) is 4.22. The van der Waals surface area contributed by atoms with Crippen LogP contribution in [-0.4, -0.2) is 19.7 Å². The van der Waals surface area contributed by atoms with Crippen LogP contribution in [0.5, 0.6) is 0 Å². The lowest BCUT2D eigenvalue weighted by Gasteiger charge is -2.18. The molecule has 0 heterocycles. The minimum absolute atomic E-state index is 0.139. The smallest absolute Gasteiger partial charge is 0.295 e. The van der Waals surface area contributed by atoms with Gasteiger partial charge in [0.05, 0.1) is 4.91 Å². The van der Waals surface area contributed by atoms with Crippen molar-refractivity contribution in [2.24, 2.45) is 5.92 Å². The third kappa shape index (κ3) is 2.22. The molecule has 1 aliphatic carbocycles. The molecule has 0 aromatic carbocycles. The Morgan fingerprint density at radius 1 is 1.40 bits per heavy atom. The molecule has 0 spiro atoms. The lowest BCUT2D eigenvalue weighted by Crippen LogP contribution is -2.28. The van der Waals surface area contributed by atoms with Gasteiger partial charge in [-0.15, -0.1) is 0 Å². The van der Waals surface area contributed by atoms with Crippen molar-refractivity contribution < 1.29 is 26.4 Å². The Balaban J connectivity index is 3.12. The Morgan fingerprint density at radius 3 is 2.33 bits per heavy atom. The average molecular weight is 242 g/mol. The summed E-state index contributed by atoms with van der Waals surface area (Å²) in [5.41, 5.74) is -5.32. The zero-order valence-corrected chi connectivity index (χ0v) is 8.65. The van der Waals surface area contributed by atoms with E-state index in [1.54, 1.807) is 6.92 Å². The molecule has 0 radical (unpaired) electrons. The zero-order chi connectivity index (χ0) is 11.9. The molecular formula is C8H9F3O3S. The minimum atomic E-state index is -5.32.